The molecule has 0 radical (unpaired) electrons. The highest BCUT2D eigenvalue weighted by Crippen LogP contribution is 2.42. The van der Waals surface area contributed by atoms with Crippen molar-refractivity contribution in [3.05, 3.63) is 11.8 Å². The Morgan fingerprint density at radius 1 is 1.57 bits per heavy atom. The number of carboxylic acids is 1. The number of carbonyl (C=O) groups is 1. The van der Waals surface area contributed by atoms with Crippen molar-refractivity contribution < 1.29 is 19.4 Å². The summed E-state index contributed by atoms with van der Waals surface area (Å²) in [5.74, 6) is -0.626. The molecule has 1 atom stereocenters. The summed E-state index contributed by atoms with van der Waals surface area (Å²) in [7, 11) is 1.56. The second-order valence-electron chi connectivity index (χ2n) is 4.32. The maximum atomic E-state index is 10.6. The summed E-state index contributed by atoms with van der Waals surface area (Å²) in [6.07, 6.45) is 1.72. The van der Waals surface area contributed by atoms with Gasteiger partial charge >= 0.3 is 5.97 Å². The largest absolute Gasteiger partial charge is 0.489 e. The highest BCUT2D eigenvalue weighted by atomic mass is 16.6. The van der Waals surface area contributed by atoms with E-state index >= 15 is 0 Å². The number of ether oxygens (including phenoxy) is 2. The molecule has 1 aliphatic heterocycles. The van der Waals surface area contributed by atoms with Gasteiger partial charge in [0.1, 0.15) is 17.0 Å². The molecule has 80 valence electrons. The lowest BCUT2D eigenvalue weighted by Gasteiger charge is -2.20. The van der Waals surface area contributed by atoms with Crippen LogP contribution in [0, 0.1) is 0 Å². The Morgan fingerprint density at radius 3 is 2.57 bits per heavy atom. The topological polar surface area (TPSA) is 55.8 Å². The zero-order chi connectivity index (χ0) is 11.0. The minimum absolute atomic E-state index is 0.369. The van der Waals surface area contributed by atoms with Gasteiger partial charge in [-0.1, -0.05) is 0 Å². The van der Waals surface area contributed by atoms with E-state index in [1.54, 1.807) is 7.11 Å². The van der Waals surface area contributed by atoms with Crippen molar-refractivity contribution >= 4 is 5.97 Å². The molecule has 0 aromatic rings. The zero-order valence-corrected chi connectivity index (χ0v) is 8.96. The average Bonchev–Trinajstić information content (AvgIpc) is 2.21. The van der Waals surface area contributed by atoms with Crippen LogP contribution in [0.5, 0.6) is 0 Å². The van der Waals surface area contributed by atoms with Crippen LogP contribution in [0.4, 0.5) is 0 Å². The van der Waals surface area contributed by atoms with Crippen molar-refractivity contribution in [3.8, 4) is 0 Å². The molecule has 1 heterocycles. The van der Waals surface area contributed by atoms with Gasteiger partial charge < -0.3 is 14.6 Å². The number of rotatable bonds is 2. The predicted octanol–water partition coefficient (Wildman–Crippen LogP) is 1.56. The number of carboxylic acid groups (broad SMARTS) is 1. The molecular weight excluding hydrogens is 184 g/mol. The van der Waals surface area contributed by atoms with E-state index in [0.29, 0.717) is 12.2 Å². The molecule has 1 fully saturated rings. The van der Waals surface area contributed by atoms with E-state index in [0.717, 1.165) is 6.08 Å². The van der Waals surface area contributed by atoms with Crippen molar-refractivity contribution in [1.82, 2.24) is 0 Å². The molecule has 4 heteroatoms. The zero-order valence-electron chi connectivity index (χ0n) is 8.96. The molecule has 4 nitrogen and oxygen atoms in total. The van der Waals surface area contributed by atoms with Gasteiger partial charge in [-0.3, -0.25) is 0 Å². The molecule has 1 rings (SSSR count). The van der Waals surface area contributed by atoms with Gasteiger partial charge in [0.25, 0.3) is 0 Å². The molecule has 0 amide bonds. The van der Waals surface area contributed by atoms with Crippen molar-refractivity contribution in [2.75, 3.05) is 7.11 Å². The van der Waals surface area contributed by atoms with Crippen LogP contribution in [0.3, 0.4) is 0 Å². The Morgan fingerprint density at radius 2 is 2.14 bits per heavy atom. The highest BCUT2D eigenvalue weighted by molar-refractivity contribution is 5.80. The fourth-order valence-electron chi connectivity index (χ4n) is 1.81. The summed E-state index contributed by atoms with van der Waals surface area (Å²) in [5.41, 5.74) is -0.992. The highest BCUT2D eigenvalue weighted by Gasteiger charge is 2.46. The smallest absolute Gasteiger partial charge is 0.331 e. The van der Waals surface area contributed by atoms with Crippen LogP contribution in [0.2, 0.25) is 0 Å². The summed E-state index contributed by atoms with van der Waals surface area (Å²) in [6.45, 7) is 5.65. The molecule has 0 bridgehead atoms. The van der Waals surface area contributed by atoms with Gasteiger partial charge in [-0.05, 0) is 20.8 Å². The molecule has 1 aliphatic rings. The van der Waals surface area contributed by atoms with Crippen LogP contribution in [0.25, 0.3) is 0 Å². The maximum absolute atomic E-state index is 10.6. The van der Waals surface area contributed by atoms with Crippen LogP contribution in [0.1, 0.15) is 27.2 Å². The number of aliphatic carboxylic acids is 1. The van der Waals surface area contributed by atoms with Crippen LogP contribution in [-0.4, -0.2) is 29.4 Å². The summed E-state index contributed by atoms with van der Waals surface area (Å²) >= 11 is 0. The van der Waals surface area contributed by atoms with Gasteiger partial charge in [0, 0.05) is 13.5 Å². The Hall–Kier alpha value is -1.03. The number of methoxy groups -OCH3 is 1. The quantitative estimate of drug-likeness (QED) is 0.687. The molecule has 0 aromatic heterocycles. The number of hydrogen-bond acceptors (Lipinski definition) is 3. The third-order valence-corrected chi connectivity index (χ3v) is 2.38. The SMILES string of the molecule is COC1(C)CC(C)(C)O/C1=C/C(=O)O. The van der Waals surface area contributed by atoms with Gasteiger partial charge in [0.05, 0.1) is 6.08 Å². The minimum atomic E-state index is -1.01. The van der Waals surface area contributed by atoms with E-state index in [4.69, 9.17) is 14.6 Å². The van der Waals surface area contributed by atoms with Crippen LogP contribution in [0.15, 0.2) is 11.8 Å². The van der Waals surface area contributed by atoms with Gasteiger partial charge in [0.15, 0.2) is 0 Å². The first-order valence-corrected chi connectivity index (χ1v) is 4.48. The standard InChI is InChI=1S/C10H16O4/c1-9(2)6-10(3,13-4)7(14-9)5-8(11)12/h5H,6H2,1-4H3,(H,11,12)/b7-5+. The van der Waals surface area contributed by atoms with Crippen LogP contribution in [-0.2, 0) is 14.3 Å². The summed E-state index contributed by atoms with van der Waals surface area (Å²) in [4.78, 5) is 10.6. The Labute approximate surface area is 83.5 Å². The Balaban J connectivity index is 3.00. The normalized spacial score (nSPS) is 33.0. The van der Waals surface area contributed by atoms with Gasteiger partial charge in [0.2, 0.25) is 0 Å². The van der Waals surface area contributed by atoms with E-state index in [1.165, 1.54) is 0 Å². The van der Waals surface area contributed by atoms with E-state index < -0.39 is 11.6 Å². The van der Waals surface area contributed by atoms with Gasteiger partial charge in [-0.15, -0.1) is 0 Å². The fourth-order valence-corrected chi connectivity index (χ4v) is 1.81. The number of hydrogen-bond donors (Lipinski definition) is 1. The molecule has 14 heavy (non-hydrogen) atoms. The monoisotopic (exact) mass is 200 g/mol. The van der Waals surface area contributed by atoms with Crippen molar-refractivity contribution in [2.24, 2.45) is 0 Å². The first-order valence-electron chi connectivity index (χ1n) is 4.48. The molecule has 1 N–H and O–H groups in total. The lowest BCUT2D eigenvalue weighted by molar-refractivity contribution is -0.131. The van der Waals surface area contributed by atoms with Crippen molar-refractivity contribution in [2.45, 2.75) is 38.4 Å². The van der Waals surface area contributed by atoms with E-state index in [9.17, 15) is 4.79 Å². The molecule has 1 saturated heterocycles. The lowest BCUT2D eigenvalue weighted by atomic mass is 9.93. The van der Waals surface area contributed by atoms with Gasteiger partial charge in [-0.2, -0.15) is 0 Å². The van der Waals surface area contributed by atoms with Crippen LogP contribution >= 0.6 is 0 Å². The summed E-state index contributed by atoms with van der Waals surface area (Å²) in [6, 6.07) is 0. The Bertz CT molecular complexity index is 280. The maximum Gasteiger partial charge on any atom is 0.331 e. The molecule has 0 aliphatic carbocycles. The summed E-state index contributed by atoms with van der Waals surface area (Å²) < 4.78 is 10.8. The van der Waals surface area contributed by atoms with Crippen molar-refractivity contribution in [1.29, 1.82) is 0 Å². The fraction of sp³-hybridized carbons (Fsp3) is 0.700. The average molecular weight is 200 g/mol. The Kier molecular flexibility index (Phi) is 2.58. The summed E-state index contributed by atoms with van der Waals surface area (Å²) in [5, 5.41) is 8.66. The van der Waals surface area contributed by atoms with Crippen LogP contribution < -0.4 is 0 Å². The second-order valence-corrected chi connectivity index (χ2v) is 4.32. The molecule has 0 saturated carbocycles. The predicted molar refractivity (Wildman–Crippen MR) is 50.9 cm³/mol. The van der Waals surface area contributed by atoms with Crippen molar-refractivity contribution in [3.63, 3.8) is 0 Å². The minimum Gasteiger partial charge on any atom is -0.489 e. The molecule has 0 aromatic carbocycles. The second kappa shape index (κ2) is 3.28. The third-order valence-electron chi connectivity index (χ3n) is 2.38. The molecule has 0 spiro atoms. The van der Waals surface area contributed by atoms with Gasteiger partial charge in [-0.25, -0.2) is 4.79 Å². The molecule has 1 unspecified atom stereocenters. The first kappa shape index (κ1) is 11.0. The first-order chi connectivity index (χ1) is 6.29. The van der Waals surface area contributed by atoms with E-state index in [2.05, 4.69) is 0 Å². The van der Waals surface area contributed by atoms with E-state index in [-0.39, 0.29) is 5.60 Å². The van der Waals surface area contributed by atoms with E-state index in [1.807, 2.05) is 20.8 Å². The molecular formula is C10H16O4. The lowest BCUT2D eigenvalue weighted by Crippen LogP contribution is -2.28. The third kappa shape index (κ3) is 2.07.